The summed E-state index contributed by atoms with van der Waals surface area (Å²) >= 11 is 0. The van der Waals surface area contributed by atoms with Crippen molar-refractivity contribution >= 4 is 22.8 Å². The number of aliphatic carboxylic acids is 1. The lowest BCUT2D eigenvalue weighted by Gasteiger charge is -2.25. The van der Waals surface area contributed by atoms with Crippen molar-refractivity contribution in [1.29, 1.82) is 0 Å². The summed E-state index contributed by atoms with van der Waals surface area (Å²) in [4.78, 5) is 24.2. The number of carbonyl (C=O) groups excluding carboxylic acids is 1. The van der Waals surface area contributed by atoms with Crippen LogP contribution in [0.5, 0.6) is 0 Å². The molecule has 0 bridgehead atoms. The number of nitrogens with one attached hydrogen (secondary N) is 1. The van der Waals surface area contributed by atoms with Gasteiger partial charge < -0.3 is 10.4 Å². The smallest absolute Gasteiger partial charge is 0.315 e. The molecule has 2 aromatic carbocycles. The molecule has 0 aliphatic carbocycles. The van der Waals surface area contributed by atoms with E-state index in [-0.39, 0.29) is 18.9 Å². The van der Waals surface area contributed by atoms with Crippen LogP contribution < -0.4 is 5.32 Å². The van der Waals surface area contributed by atoms with E-state index in [4.69, 9.17) is 0 Å². The van der Waals surface area contributed by atoms with Crippen LogP contribution in [0.25, 0.3) is 10.9 Å². The van der Waals surface area contributed by atoms with Crippen LogP contribution in [0.4, 0.5) is 0 Å². The highest BCUT2D eigenvalue weighted by molar-refractivity contribution is 5.88. The van der Waals surface area contributed by atoms with Crippen LogP contribution in [0, 0.1) is 0 Å². The van der Waals surface area contributed by atoms with E-state index in [1.54, 1.807) is 35.9 Å². The van der Waals surface area contributed by atoms with Gasteiger partial charge in [-0.2, -0.15) is 5.10 Å². The molecule has 0 saturated heterocycles. The average Bonchev–Trinajstić information content (AvgIpc) is 2.96. The number of amides is 1. The van der Waals surface area contributed by atoms with Gasteiger partial charge in [0.15, 0.2) is 0 Å². The molecule has 0 saturated carbocycles. The molecule has 1 amide bonds. The fourth-order valence-electron chi connectivity index (χ4n) is 3.02. The zero-order valence-corrected chi connectivity index (χ0v) is 14.8. The molecule has 0 aliphatic rings. The molecule has 3 aromatic rings. The Morgan fingerprint density at radius 2 is 1.77 bits per heavy atom. The molecule has 1 aromatic heterocycles. The molecule has 6 heteroatoms. The summed E-state index contributed by atoms with van der Waals surface area (Å²) in [6.07, 6.45) is 0.103. The van der Waals surface area contributed by atoms with E-state index < -0.39 is 11.4 Å². The first-order valence-electron chi connectivity index (χ1n) is 8.38. The van der Waals surface area contributed by atoms with E-state index in [1.807, 2.05) is 37.4 Å². The van der Waals surface area contributed by atoms with E-state index in [9.17, 15) is 14.7 Å². The second-order valence-electron chi connectivity index (χ2n) is 6.54. The third kappa shape index (κ3) is 3.31. The maximum Gasteiger partial charge on any atom is 0.315 e. The van der Waals surface area contributed by atoms with Crippen molar-refractivity contribution in [3.63, 3.8) is 0 Å². The van der Waals surface area contributed by atoms with Crippen LogP contribution in [0.15, 0.2) is 54.6 Å². The van der Waals surface area contributed by atoms with E-state index in [1.165, 1.54) is 0 Å². The molecular formula is C20H21N3O3. The van der Waals surface area contributed by atoms with Crippen molar-refractivity contribution in [2.24, 2.45) is 7.05 Å². The monoisotopic (exact) mass is 351 g/mol. The molecule has 3 rings (SSSR count). The Morgan fingerprint density at radius 1 is 1.12 bits per heavy atom. The molecule has 134 valence electrons. The number of carbonyl (C=O) groups is 2. The molecule has 0 radical (unpaired) electrons. The van der Waals surface area contributed by atoms with Crippen LogP contribution in [-0.2, 0) is 28.5 Å². The van der Waals surface area contributed by atoms with Crippen LogP contribution in [0.2, 0.25) is 0 Å². The van der Waals surface area contributed by atoms with Crippen LogP contribution in [-0.4, -0.2) is 33.3 Å². The van der Waals surface area contributed by atoms with Gasteiger partial charge in [0.05, 0.1) is 17.6 Å². The molecule has 0 spiro atoms. The Labute approximate surface area is 151 Å². The summed E-state index contributed by atoms with van der Waals surface area (Å²) in [6, 6.07) is 16.6. The lowest BCUT2D eigenvalue weighted by Crippen LogP contribution is -2.44. The Hall–Kier alpha value is -3.15. The van der Waals surface area contributed by atoms with E-state index in [0.29, 0.717) is 11.3 Å². The fourth-order valence-corrected chi connectivity index (χ4v) is 3.02. The zero-order valence-electron chi connectivity index (χ0n) is 14.8. The predicted octanol–water partition coefficient (Wildman–Crippen LogP) is 2.27. The Bertz CT molecular complexity index is 949. The molecule has 1 atom stereocenters. The normalized spacial score (nSPS) is 13.3. The molecule has 6 nitrogen and oxygen atoms in total. The van der Waals surface area contributed by atoms with Crippen molar-refractivity contribution in [2.45, 2.75) is 18.8 Å². The van der Waals surface area contributed by atoms with Gasteiger partial charge >= 0.3 is 5.97 Å². The third-order valence-corrected chi connectivity index (χ3v) is 4.68. The summed E-state index contributed by atoms with van der Waals surface area (Å²) in [6.45, 7) is 1.62. The Morgan fingerprint density at radius 3 is 2.46 bits per heavy atom. The van der Waals surface area contributed by atoms with Crippen LogP contribution >= 0.6 is 0 Å². The molecule has 0 aliphatic heterocycles. The predicted molar refractivity (Wildman–Crippen MR) is 98.9 cm³/mol. The van der Waals surface area contributed by atoms with Gasteiger partial charge in [-0.3, -0.25) is 14.3 Å². The van der Waals surface area contributed by atoms with Gasteiger partial charge in [-0.05, 0) is 18.6 Å². The lowest BCUT2D eigenvalue weighted by atomic mass is 9.82. The average molecular weight is 351 g/mol. The highest BCUT2D eigenvalue weighted by Gasteiger charge is 2.35. The standard InChI is InChI=1S/C20H21N3O3/c1-20(19(25)26,14-8-4-3-5-9-14)13-21-18(24)12-16-15-10-6-7-11-17(15)23(2)22-16/h3-11H,12-13H2,1-2H3,(H,21,24)(H,25,26). The molecular weight excluding hydrogens is 330 g/mol. The highest BCUT2D eigenvalue weighted by Crippen LogP contribution is 2.23. The first kappa shape index (κ1) is 17.7. The lowest BCUT2D eigenvalue weighted by molar-refractivity contribution is -0.143. The number of benzene rings is 2. The van der Waals surface area contributed by atoms with Gasteiger partial charge in [-0.1, -0.05) is 48.5 Å². The third-order valence-electron chi connectivity index (χ3n) is 4.68. The number of para-hydroxylation sites is 1. The largest absolute Gasteiger partial charge is 0.481 e. The second-order valence-corrected chi connectivity index (χ2v) is 6.54. The van der Waals surface area contributed by atoms with E-state index in [0.717, 1.165) is 10.9 Å². The summed E-state index contributed by atoms with van der Waals surface area (Å²) < 4.78 is 1.74. The number of carboxylic acids is 1. The molecule has 1 unspecified atom stereocenters. The number of rotatable bonds is 6. The quantitative estimate of drug-likeness (QED) is 0.713. The number of carboxylic acid groups (broad SMARTS) is 1. The molecule has 2 N–H and O–H groups in total. The number of hydrogen-bond acceptors (Lipinski definition) is 3. The van der Waals surface area contributed by atoms with Crippen molar-refractivity contribution < 1.29 is 14.7 Å². The van der Waals surface area contributed by atoms with E-state index in [2.05, 4.69) is 10.4 Å². The summed E-state index contributed by atoms with van der Waals surface area (Å²) in [5, 5.41) is 17.8. The molecule has 1 heterocycles. The molecule has 0 fully saturated rings. The van der Waals surface area contributed by atoms with E-state index >= 15 is 0 Å². The number of hydrogen-bond donors (Lipinski definition) is 2. The minimum Gasteiger partial charge on any atom is -0.481 e. The van der Waals surface area contributed by atoms with Crippen molar-refractivity contribution in [3.8, 4) is 0 Å². The number of aryl methyl sites for hydroxylation is 1. The van der Waals surface area contributed by atoms with Crippen molar-refractivity contribution in [3.05, 3.63) is 65.9 Å². The topological polar surface area (TPSA) is 84.2 Å². The first-order chi connectivity index (χ1) is 12.4. The van der Waals surface area contributed by atoms with Gasteiger partial charge in [-0.15, -0.1) is 0 Å². The number of fused-ring (bicyclic) bond motifs is 1. The SMILES string of the molecule is Cn1nc(CC(=O)NCC(C)(C(=O)O)c2ccccc2)c2ccccc21. The highest BCUT2D eigenvalue weighted by atomic mass is 16.4. The summed E-state index contributed by atoms with van der Waals surface area (Å²) in [5.74, 6) is -1.23. The zero-order chi connectivity index (χ0) is 18.7. The molecule has 26 heavy (non-hydrogen) atoms. The van der Waals surface area contributed by atoms with Gasteiger partial charge in [0.2, 0.25) is 5.91 Å². The van der Waals surface area contributed by atoms with Gasteiger partial charge in [0, 0.05) is 19.0 Å². The van der Waals surface area contributed by atoms with Crippen molar-refractivity contribution in [1.82, 2.24) is 15.1 Å². The fraction of sp³-hybridized carbons (Fsp3) is 0.250. The Kier molecular flexibility index (Phi) is 4.75. The van der Waals surface area contributed by atoms with Crippen molar-refractivity contribution in [2.75, 3.05) is 6.54 Å². The van der Waals surface area contributed by atoms with Crippen LogP contribution in [0.3, 0.4) is 0 Å². The minimum atomic E-state index is -1.19. The maximum atomic E-state index is 12.4. The second kappa shape index (κ2) is 7.00. The Balaban J connectivity index is 1.74. The summed E-state index contributed by atoms with van der Waals surface area (Å²) in [5.41, 5.74) is 1.09. The number of nitrogens with zero attached hydrogens (tertiary/aromatic N) is 2. The number of aromatic nitrogens is 2. The van der Waals surface area contributed by atoms with Gasteiger partial charge in [0.1, 0.15) is 5.41 Å². The summed E-state index contributed by atoms with van der Waals surface area (Å²) in [7, 11) is 1.83. The maximum absolute atomic E-state index is 12.4. The van der Waals surface area contributed by atoms with Gasteiger partial charge in [-0.25, -0.2) is 0 Å². The van der Waals surface area contributed by atoms with Gasteiger partial charge in [0.25, 0.3) is 0 Å². The first-order valence-corrected chi connectivity index (χ1v) is 8.38. The van der Waals surface area contributed by atoms with Crippen LogP contribution in [0.1, 0.15) is 18.2 Å². The minimum absolute atomic E-state index is 0.00987.